The van der Waals surface area contributed by atoms with Crippen molar-refractivity contribution in [2.24, 2.45) is 0 Å². The van der Waals surface area contributed by atoms with Crippen molar-refractivity contribution in [3.8, 4) is 0 Å². The van der Waals surface area contributed by atoms with E-state index in [-0.39, 0.29) is 11.9 Å². The molecule has 1 heterocycles. The maximum atomic E-state index is 13.4. The van der Waals surface area contributed by atoms with Crippen molar-refractivity contribution in [1.82, 2.24) is 14.1 Å². The summed E-state index contributed by atoms with van der Waals surface area (Å²) < 4.78 is 28.4. The largest absolute Gasteiger partial charge is 0.342 e. The fourth-order valence-electron chi connectivity index (χ4n) is 3.70. The highest BCUT2D eigenvalue weighted by atomic mass is 32.2. The van der Waals surface area contributed by atoms with Crippen LogP contribution in [0.15, 0.2) is 4.90 Å². The minimum absolute atomic E-state index is 0.0720. The van der Waals surface area contributed by atoms with Crippen LogP contribution in [0.25, 0.3) is 0 Å². The number of hydrogen-bond donors (Lipinski definition) is 0. The molecule has 0 atom stereocenters. The SMILES string of the molecule is Cc1c(C)c(C)c(S(=O)(=O)N2CCN(CC(=O)N(C)C(C)C)CC2)c(C)c1C. The number of nitrogens with zero attached hydrogens (tertiary/aromatic N) is 3. The van der Waals surface area contributed by atoms with Crippen LogP contribution in [0, 0.1) is 34.6 Å². The van der Waals surface area contributed by atoms with Gasteiger partial charge in [-0.25, -0.2) is 8.42 Å². The highest BCUT2D eigenvalue weighted by Gasteiger charge is 2.33. The summed E-state index contributed by atoms with van der Waals surface area (Å²) in [5.74, 6) is 0.0720. The van der Waals surface area contributed by atoms with Crippen LogP contribution >= 0.6 is 0 Å². The van der Waals surface area contributed by atoms with Crippen molar-refractivity contribution in [2.45, 2.75) is 59.4 Å². The molecule has 1 saturated heterocycles. The maximum absolute atomic E-state index is 13.4. The monoisotopic (exact) mass is 409 g/mol. The van der Waals surface area contributed by atoms with Gasteiger partial charge in [-0.2, -0.15) is 4.31 Å². The molecule has 1 amide bonds. The zero-order valence-electron chi connectivity index (χ0n) is 18.6. The van der Waals surface area contributed by atoms with Crippen molar-refractivity contribution in [2.75, 3.05) is 39.8 Å². The summed E-state index contributed by atoms with van der Waals surface area (Å²) >= 11 is 0. The molecular formula is C21H35N3O3S. The third kappa shape index (κ3) is 4.26. The van der Waals surface area contributed by atoms with Gasteiger partial charge in [-0.1, -0.05) is 0 Å². The molecule has 6 nitrogen and oxygen atoms in total. The zero-order valence-corrected chi connectivity index (χ0v) is 19.4. The Balaban J connectivity index is 2.18. The summed E-state index contributed by atoms with van der Waals surface area (Å²) in [5.41, 5.74) is 4.94. The summed E-state index contributed by atoms with van der Waals surface area (Å²) in [6.45, 7) is 16.1. The van der Waals surface area contributed by atoms with Gasteiger partial charge in [0.2, 0.25) is 15.9 Å². The van der Waals surface area contributed by atoms with Gasteiger partial charge in [-0.3, -0.25) is 9.69 Å². The van der Waals surface area contributed by atoms with Crippen molar-refractivity contribution in [3.05, 3.63) is 27.8 Å². The molecule has 158 valence electrons. The number of carbonyl (C=O) groups is 1. The van der Waals surface area contributed by atoms with E-state index in [2.05, 4.69) is 0 Å². The molecule has 2 rings (SSSR count). The van der Waals surface area contributed by atoms with Crippen LogP contribution in [-0.2, 0) is 14.8 Å². The first-order valence-corrected chi connectivity index (χ1v) is 11.4. The molecular weight excluding hydrogens is 374 g/mol. The highest BCUT2D eigenvalue weighted by molar-refractivity contribution is 7.89. The first-order chi connectivity index (χ1) is 12.9. The molecule has 28 heavy (non-hydrogen) atoms. The molecule has 1 aromatic carbocycles. The normalized spacial score (nSPS) is 16.6. The molecule has 0 unspecified atom stereocenters. The third-order valence-electron chi connectivity index (χ3n) is 6.39. The molecule has 0 radical (unpaired) electrons. The number of carbonyl (C=O) groups excluding carboxylic acids is 1. The van der Waals surface area contributed by atoms with E-state index in [0.717, 1.165) is 27.8 Å². The number of piperazine rings is 1. The molecule has 0 N–H and O–H groups in total. The Morgan fingerprint density at radius 2 is 1.32 bits per heavy atom. The topological polar surface area (TPSA) is 60.9 Å². The molecule has 1 fully saturated rings. The van der Waals surface area contributed by atoms with Gasteiger partial charge < -0.3 is 4.90 Å². The van der Waals surface area contributed by atoms with Crippen molar-refractivity contribution < 1.29 is 13.2 Å². The molecule has 1 aliphatic rings. The fourth-order valence-corrected chi connectivity index (χ4v) is 5.68. The first-order valence-electron chi connectivity index (χ1n) is 9.94. The standard InChI is InChI=1S/C21H35N3O3S/c1-14(2)22(8)20(25)13-23-9-11-24(12-10-23)28(26,27)21-18(6)16(4)15(3)17(5)19(21)7/h14H,9-13H2,1-8H3. The molecule has 0 aliphatic carbocycles. The Hall–Kier alpha value is -1.44. The summed E-state index contributed by atoms with van der Waals surface area (Å²) in [6.07, 6.45) is 0. The van der Waals surface area contributed by atoms with Gasteiger partial charge in [-0.05, 0) is 76.3 Å². The van der Waals surface area contributed by atoms with E-state index in [1.807, 2.05) is 53.4 Å². The summed E-state index contributed by atoms with van der Waals surface area (Å²) in [6, 6.07) is 0.160. The van der Waals surface area contributed by atoms with Gasteiger partial charge in [0.25, 0.3) is 0 Å². The van der Waals surface area contributed by atoms with Crippen molar-refractivity contribution in [1.29, 1.82) is 0 Å². The van der Waals surface area contributed by atoms with Crippen LogP contribution < -0.4 is 0 Å². The Bertz CT molecular complexity index is 825. The number of rotatable bonds is 5. The van der Waals surface area contributed by atoms with Gasteiger partial charge in [0.05, 0.1) is 11.4 Å². The third-order valence-corrected chi connectivity index (χ3v) is 8.56. The van der Waals surface area contributed by atoms with E-state index in [1.54, 1.807) is 16.3 Å². The van der Waals surface area contributed by atoms with Crippen LogP contribution in [-0.4, -0.2) is 74.2 Å². The molecule has 0 bridgehead atoms. The average molecular weight is 410 g/mol. The number of likely N-dealkylation sites (N-methyl/N-ethyl adjacent to an activating group) is 1. The minimum atomic E-state index is -3.56. The Labute approximate surface area is 170 Å². The van der Waals surface area contributed by atoms with Crippen LogP contribution in [0.1, 0.15) is 41.7 Å². The summed E-state index contributed by atoms with van der Waals surface area (Å²) in [5, 5.41) is 0. The lowest BCUT2D eigenvalue weighted by atomic mass is 9.95. The smallest absolute Gasteiger partial charge is 0.243 e. The fraction of sp³-hybridized carbons (Fsp3) is 0.667. The quantitative estimate of drug-likeness (QED) is 0.749. The molecule has 0 saturated carbocycles. The predicted molar refractivity (Wildman–Crippen MR) is 113 cm³/mol. The maximum Gasteiger partial charge on any atom is 0.243 e. The van der Waals surface area contributed by atoms with E-state index < -0.39 is 10.0 Å². The Morgan fingerprint density at radius 1 is 0.893 bits per heavy atom. The van der Waals surface area contributed by atoms with E-state index in [9.17, 15) is 13.2 Å². The number of amides is 1. The van der Waals surface area contributed by atoms with Gasteiger partial charge in [0, 0.05) is 39.3 Å². The highest BCUT2D eigenvalue weighted by Crippen LogP contribution is 2.31. The molecule has 0 aromatic heterocycles. The Morgan fingerprint density at radius 3 is 1.75 bits per heavy atom. The molecule has 1 aliphatic heterocycles. The summed E-state index contributed by atoms with van der Waals surface area (Å²) in [7, 11) is -1.75. The minimum Gasteiger partial charge on any atom is -0.342 e. The van der Waals surface area contributed by atoms with E-state index in [0.29, 0.717) is 37.6 Å². The van der Waals surface area contributed by atoms with E-state index >= 15 is 0 Å². The van der Waals surface area contributed by atoms with Gasteiger partial charge in [0.1, 0.15) is 0 Å². The zero-order chi connectivity index (χ0) is 21.4. The lowest BCUT2D eigenvalue weighted by Gasteiger charge is -2.35. The first kappa shape index (κ1) is 22.8. The molecule has 7 heteroatoms. The number of sulfonamides is 1. The lowest BCUT2D eigenvalue weighted by Crippen LogP contribution is -2.51. The van der Waals surface area contributed by atoms with Crippen molar-refractivity contribution >= 4 is 15.9 Å². The second-order valence-corrected chi connectivity index (χ2v) is 10.1. The van der Waals surface area contributed by atoms with Gasteiger partial charge >= 0.3 is 0 Å². The second-order valence-electron chi connectivity index (χ2n) is 8.23. The Kier molecular flexibility index (Phi) is 6.94. The van der Waals surface area contributed by atoms with Crippen LogP contribution in [0.3, 0.4) is 0 Å². The summed E-state index contributed by atoms with van der Waals surface area (Å²) in [4.78, 5) is 16.5. The molecule has 0 spiro atoms. The van der Waals surface area contributed by atoms with Crippen LogP contribution in [0.4, 0.5) is 0 Å². The van der Waals surface area contributed by atoms with Crippen LogP contribution in [0.2, 0.25) is 0 Å². The van der Waals surface area contributed by atoms with Crippen LogP contribution in [0.5, 0.6) is 0 Å². The number of hydrogen-bond acceptors (Lipinski definition) is 4. The van der Waals surface area contributed by atoms with E-state index in [4.69, 9.17) is 0 Å². The number of benzene rings is 1. The van der Waals surface area contributed by atoms with Gasteiger partial charge in [0.15, 0.2) is 0 Å². The second kappa shape index (κ2) is 8.51. The average Bonchev–Trinajstić information content (AvgIpc) is 2.64. The molecule has 1 aromatic rings. The lowest BCUT2D eigenvalue weighted by molar-refractivity contribution is -0.132. The van der Waals surface area contributed by atoms with E-state index in [1.165, 1.54) is 0 Å². The predicted octanol–water partition coefficient (Wildman–Crippen LogP) is 2.40. The van der Waals surface area contributed by atoms with Crippen molar-refractivity contribution in [3.63, 3.8) is 0 Å². The van der Waals surface area contributed by atoms with Gasteiger partial charge in [-0.15, -0.1) is 0 Å².